The minimum absolute atomic E-state index is 0.0517. The number of carbonyl (C=O) groups is 1. The maximum Gasteiger partial charge on any atom is 0.159 e. The van der Waals surface area contributed by atoms with Gasteiger partial charge in [0, 0.05) is 11.1 Å². The first-order valence-electron chi connectivity index (χ1n) is 6.25. The summed E-state index contributed by atoms with van der Waals surface area (Å²) in [6.07, 6.45) is 0.177. The zero-order valence-electron chi connectivity index (χ0n) is 11.8. The van der Waals surface area contributed by atoms with Crippen LogP contribution < -0.4 is 4.74 Å². The van der Waals surface area contributed by atoms with E-state index in [1.54, 1.807) is 20.1 Å². The fourth-order valence-electron chi connectivity index (χ4n) is 1.52. The lowest BCUT2D eigenvalue weighted by atomic mass is 10.1. The third-order valence-corrected chi connectivity index (χ3v) is 3.13. The summed E-state index contributed by atoms with van der Waals surface area (Å²) >= 11 is 0. The number of benzene rings is 1. The molecule has 18 heavy (non-hydrogen) atoms. The Kier molecular flexibility index (Phi) is 5.35. The molecule has 0 aromatic heterocycles. The second-order valence-corrected chi connectivity index (χ2v) is 4.84. The Morgan fingerprint density at radius 1 is 1.28 bits per heavy atom. The Morgan fingerprint density at radius 3 is 2.44 bits per heavy atom. The lowest BCUT2D eigenvalue weighted by Gasteiger charge is -2.18. The van der Waals surface area contributed by atoms with E-state index >= 15 is 0 Å². The molecule has 1 atom stereocenters. The average Bonchev–Trinajstić information content (AvgIpc) is 2.35. The van der Waals surface area contributed by atoms with Crippen LogP contribution in [0.1, 0.15) is 43.6 Å². The number of hydrogen-bond acceptors (Lipinski definition) is 3. The predicted octanol–water partition coefficient (Wildman–Crippen LogP) is 3.46. The highest BCUT2D eigenvalue weighted by molar-refractivity contribution is 5.94. The molecule has 1 aromatic carbocycles. The van der Waals surface area contributed by atoms with Crippen molar-refractivity contribution < 1.29 is 14.3 Å². The Morgan fingerprint density at radius 2 is 1.94 bits per heavy atom. The Labute approximate surface area is 109 Å². The molecule has 0 spiro atoms. The Balaban J connectivity index is 2.84. The van der Waals surface area contributed by atoms with Crippen molar-refractivity contribution in [3.63, 3.8) is 0 Å². The maximum absolute atomic E-state index is 11.4. The van der Waals surface area contributed by atoms with Gasteiger partial charge in [0.1, 0.15) is 5.75 Å². The summed E-state index contributed by atoms with van der Waals surface area (Å²) in [5.41, 5.74) is 1.60. The number of methoxy groups -OCH3 is 1. The molecule has 1 unspecified atom stereocenters. The number of rotatable bonds is 6. The van der Waals surface area contributed by atoms with Crippen molar-refractivity contribution in [3.8, 4) is 5.75 Å². The summed E-state index contributed by atoms with van der Waals surface area (Å²) in [6.45, 7) is 8.31. The topological polar surface area (TPSA) is 35.5 Å². The molecule has 0 amide bonds. The minimum atomic E-state index is 0.0517. The van der Waals surface area contributed by atoms with Gasteiger partial charge in [-0.15, -0.1) is 0 Å². The van der Waals surface area contributed by atoms with Crippen molar-refractivity contribution in [2.45, 2.75) is 40.4 Å². The fraction of sp³-hybridized carbons (Fsp3) is 0.533. The van der Waals surface area contributed by atoms with E-state index < -0.39 is 0 Å². The molecule has 0 heterocycles. The lowest BCUT2D eigenvalue weighted by molar-refractivity contribution is 0.0226. The van der Waals surface area contributed by atoms with Gasteiger partial charge in [-0.1, -0.05) is 13.8 Å². The molecule has 0 radical (unpaired) electrons. The number of ketones is 1. The highest BCUT2D eigenvalue weighted by atomic mass is 16.5. The van der Waals surface area contributed by atoms with Gasteiger partial charge < -0.3 is 9.47 Å². The average molecular weight is 250 g/mol. The van der Waals surface area contributed by atoms with Crippen LogP contribution >= 0.6 is 0 Å². The van der Waals surface area contributed by atoms with Crippen LogP contribution in [-0.2, 0) is 11.3 Å². The summed E-state index contributed by atoms with van der Waals surface area (Å²) in [5, 5.41) is 0. The van der Waals surface area contributed by atoms with Crippen molar-refractivity contribution in [1.29, 1.82) is 0 Å². The molecular formula is C15H22O3. The Hall–Kier alpha value is -1.35. The number of hydrogen-bond donors (Lipinski definition) is 0. The zero-order valence-corrected chi connectivity index (χ0v) is 11.8. The quantitative estimate of drug-likeness (QED) is 0.725. The summed E-state index contributed by atoms with van der Waals surface area (Å²) in [6, 6.07) is 5.43. The molecule has 0 saturated carbocycles. The summed E-state index contributed by atoms with van der Waals surface area (Å²) < 4.78 is 11.1. The molecule has 0 aliphatic rings. The largest absolute Gasteiger partial charge is 0.496 e. The highest BCUT2D eigenvalue weighted by Crippen LogP contribution is 2.22. The third-order valence-electron chi connectivity index (χ3n) is 3.13. The lowest BCUT2D eigenvalue weighted by Crippen LogP contribution is -2.15. The molecular weight excluding hydrogens is 228 g/mol. The van der Waals surface area contributed by atoms with E-state index in [2.05, 4.69) is 13.8 Å². The first-order chi connectivity index (χ1) is 8.45. The standard InChI is InChI=1S/C15H22O3/c1-10(2)12(4)18-9-14-8-13(11(3)16)6-7-15(14)17-5/h6-8,10,12H,9H2,1-5H3. The van der Waals surface area contributed by atoms with E-state index in [9.17, 15) is 4.79 Å². The fourth-order valence-corrected chi connectivity index (χ4v) is 1.52. The van der Waals surface area contributed by atoms with Crippen molar-refractivity contribution in [3.05, 3.63) is 29.3 Å². The van der Waals surface area contributed by atoms with Crippen LogP contribution in [-0.4, -0.2) is 19.0 Å². The molecule has 3 heteroatoms. The van der Waals surface area contributed by atoms with Crippen molar-refractivity contribution in [2.24, 2.45) is 5.92 Å². The summed E-state index contributed by atoms with van der Waals surface area (Å²) in [5.74, 6) is 1.28. The van der Waals surface area contributed by atoms with Gasteiger partial charge in [-0.05, 0) is 38.0 Å². The maximum atomic E-state index is 11.4. The van der Waals surface area contributed by atoms with Crippen molar-refractivity contribution in [2.75, 3.05) is 7.11 Å². The van der Waals surface area contributed by atoms with Gasteiger partial charge in [0.05, 0.1) is 19.8 Å². The number of carbonyl (C=O) groups excluding carboxylic acids is 1. The van der Waals surface area contributed by atoms with Gasteiger partial charge in [-0.3, -0.25) is 4.79 Å². The van der Waals surface area contributed by atoms with Crippen molar-refractivity contribution in [1.82, 2.24) is 0 Å². The normalized spacial score (nSPS) is 12.6. The third kappa shape index (κ3) is 3.84. The molecule has 100 valence electrons. The number of Topliss-reactive ketones (excluding diaryl/α,β-unsaturated/α-hetero) is 1. The van der Waals surface area contributed by atoms with Crippen LogP contribution in [0, 0.1) is 5.92 Å². The van der Waals surface area contributed by atoms with E-state index in [4.69, 9.17) is 9.47 Å². The van der Waals surface area contributed by atoms with E-state index in [0.29, 0.717) is 18.1 Å². The van der Waals surface area contributed by atoms with Gasteiger partial charge in [-0.25, -0.2) is 0 Å². The Bertz CT molecular complexity index is 410. The van der Waals surface area contributed by atoms with E-state index in [0.717, 1.165) is 11.3 Å². The molecule has 0 aliphatic carbocycles. The van der Waals surface area contributed by atoms with E-state index in [1.807, 2.05) is 19.1 Å². The van der Waals surface area contributed by atoms with Crippen LogP contribution in [0.5, 0.6) is 5.75 Å². The second-order valence-electron chi connectivity index (χ2n) is 4.84. The molecule has 0 aliphatic heterocycles. The van der Waals surface area contributed by atoms with Crippen LogP contribution in [0.15, 0.2) is 18.2 Å². The minimum Gasteiger partial charge on any atom is -0.496 e. The second kappa shape index (κ2) is 6.55. The van der Waals surface area contributed by atoms with Crippen molar-refractivity contribution >= 4 is 5.78 Å². The molecule has 3 nitrogen and oxygen atoms in total. The van der Waals surface area contributed by atoms with Crippen LogP contribution in [0.3, 0.4) is 0 Å². The van der Waals surface area contributed by atoms with Gasteiger partial charge in [-0.2, -0.15) is 0 Å². The molecule has 0 fully saturated rings. The van der Waals surface area contributed by atoms with E-state index in [-0.39, 0.29) is 11.9 Å². The summed E-state index contributed by atoms with van der Waals surface area (Å²) in [7, 11) is 1.62. The van der Waals surface area contributed by atoms with E-state index in [1.165, 1.54) is 0 Å². The van der Waals surface area contributed by atoms with Crippen LogP contribution in [0.2, 0.25) is 0 Å². The van der Waals surface area contributed by atoms with Crippen LogP contribution in [0.4, 0.5) is 0 Å². The molecule has 0 N–H and O–H groups in total. The van der Waals surface area contributed by atoms with Gasteiger partial charge in [0.25, 0.3) is 0 Å². The number of ether oxygens (including phenoxy) is 2. The highest BCUT2D eigenvalue weighted by Gasteiger charge is 2.11. The van der Waals surface area contributed by atoms with Crippen LogP contribution in [0.25, 0.3) is 0 Å². The monoisotopic (exact) mass is 250 g/mol. The summed E-state index contributed by atoms with van der Waals surface area (Å²) in [4.78, 5) is 11.4. The van der Waals surface area contributed by atoms with Gasteiger partial charge in [0.2, 0.25) is 0 Å². The smallest absolute Gasteiger partial charge is 0.159 e. The first kappa shape index (κ1) is 14.7. The molecule has 0 saturated heterocycles. The predicted molar refractivity (Wildman–Crippen MR) is 72.1 cm³/mol. The van der Waals surface area contributed by atoms with Gasteiger partial charge >= 0.3 is 0 Å². The van der Waals surface area contributed by atoms with Gasteiger partial charge in [0.15, 0.2) is 5.78 Å². The first-order valence-corrected chi connectivity index (χ1v) is 6.25. The molecule has 0 bridgehead atoms. The zero-order chi connectivity index (χ0) is 13.7. The molecule has 1 aromatic rings. The molecule has 1 rings (SSSR count). The SMILES string of the molecule is COc1ccc(C(C)=O)cc1COC(C)C(C)C.